The van der Waals surface area contributed by atoms with Gasteiger partial charge in [-0.1, -0.05) is 6.92 Å². The summed E-state index contributed by atoms with van der Waals surface area (Å²) in [6.45, 7) is 3.13. The predicted octanol–water partition coefficient (Wildman–Crippen LogP) is 1.86. The lowest BCUT2D eigenvalue weighted by atomic mass is 9.91. The van der Waals surface area contributed by atoms with Crippen LogP contribution in [0.15, 0.2) is 17.0 Å². The fourth-order valence-corrected chi connectivity index (χ4v) is 5.39. The number of ether oxygens (including phenoxy) is 1. The minimum atomic E-state index is -3.66. The number of carbonyl (C=O) groups excluding carboxylic acids is 1. The normalized spacial score (nSPS) is 20.6. The molecule has 1 heterocycles. The van der Waals surface area contributed by atoms with Gasteiger partial charge in [0.25, 0.3) is 0 Å². The minimum Gasteiger partial charge on any atom is -0.496 e. The Morgan fingerprint density at radius 1 is 1.24 bits per heavy atom. The van der Waals surface area contributed by atoms with Gasteiger partial charge in [-0.3, -0.25) is 4.79 Å². The number of nitrogens with zero attached hydrogens (tertiary/aromatic N) is 1. The number of hydrogen-bond donors (Lipinski definition) is 1. The van der Waals surface area contributed by atoms with Crippen LogP contribution in [0.2, 0.25) is 0 Å². The fourth-order valence-electron chi connectivity index (χ4n) is 3.86. The number of rotatable bonds is 6. The van der Waals surface area contributed by atoms with Gasteiger partial charge in [-0.2, -0.15) is 0 Å². The van der Waals surface area contributed by atoms with Crippen LogP contribution in [0.4, 0.5) is 0 Å². The Kier molecular flexibility index (Phi) is 5.34. The van der Waals surface area contributed by atoms with Crippen molar-refractivity contribution in [3.8, 4) is 5.75 Å². The number of carbonyl (C=O) groups is 1. The zero-order chi connectivity index (χ0) is 18.0. The Morgan fingerprint density at radius 3 is 2.64 bits per heavy atom. The molecule has 1 aliphatic carbocycles. The summed E-state index contributed by atoms with van der Waals surface area (Å²) in [6.07, 6.45) is 4.72. The number of sulfonamides is 1. The van der Waals surface area contributed by atoms with Crippen LogP contribution in [0.3, 0.4) is 0 Å². The lowest BCUT2D eigenvalue weighted by molar-refractivity contribution is -0.127. The molecule has 1 atom stereocenters. The van der Waals surface area contributed by atoms with Crippen LogP contribution >= 0.6 is 0 Å². The average Bonchev–Trinajstić information content (AvgIpc) is 2.92. The Balaban J connectivity index is 1.85. The summed E-state index contributed by atoms with van der Waals surface area (Å²) < 4.78 is 34.0. The molecule has 2 aliphatic rings. The van der Waals surface area contributed by atoms with Gasteiger partial charge in [-0.15, -0.1) is 0 Å². The Hall–Kier alpha value is -1.60. The molecule has 1 saturated heterocycles. The highest BCUT2D eigenvalue weighted by atomic mass is 32.2. The Morgan fingerprint density at radius 2 is 1.96 bits per heavy atom. The van der Waals surface area contributed by atoms with Crippen molar-refractivity contribution < 1.29 is 17.9 Å². The van der Waals surface area contributed by atoms with Crippen LogP contribution in [-0.2, 0) is 27.7 Å². The average molecular weight is 366 g/mol. The van der Waals surface area contributed by atoms with Crippen LogP contribution < -0.4 is 9.46 Å². The second-order valence-corrected chi connectivity index (χ2v) is 8.47. The molecule has 25 heavy (non-hydrogen) atoms. The highest BCUT2D eigenvalue weighted by molar-refractivity contribution is 7.89. The number of methoxy groups -OCH3 is 1. The van der Waals surface area contributed by atoms with E-state index in [1.807, 2.05) is 6.92 Å². The lowest BCUT2D eigenvalue weighted by Crippen LogP contribution is -2.37. The zero-order valence-electron chi connectivity index (χ0n) is 14.9. The number of nitrogens with one attached hydrogen (secondary N) is 1. The molecule has 1 amide bonds. The van der Waals surface area contributed by atoms with Crippen molar-refractivity contribution in [2.45, 2.75) is 56.4 Å². The summed E-state index contributed by atoms with van der Waals surface area (Å²) >= 11 is 0. The van der Waals surface area contributed by atoms with Crippen LogP contribution in [0.25, 0.3) is 0 Å². The monoisotopic (exact) mass is 366 g/mol. The zero-order valence-corrected chi connectivity index (χ0v) is 15.7. The van der Waals surface area contributed by atoms with E-state index in [-0.39, 0.29) is 18.4 Å². The standard InChI is InChI=1S/C18H26N2O4S/c1-3-10-20-12-13(11-18(20)21)19-25(22,23)17-9-8-16(24-2)14-6-4-5-7-15(14)17/h8-9,13,19H,3-7,10-12H2,1-2H3. The highest BCUT2D eigenvalue weighted by Crippen LogP contribution is 2.34. The summed E-state index contributed by atoms with van der Waals surface area (Å²) in [5.41, 5.74) is 1.87. The lowest BCUT2D eigenvalue weighted by Gasteiger charge is -2.23. The van der Waals surface area contributed by atoms with Crippen molar-refractivity contribution >= 4 is 15.9 Å². The molecule has 0 bridgehead atoms. The van der Waals surface area contributed by atoms with Gasteiger partial charge in [-0.05, 0) is 55.4 Å². The number of likely N-dealkylation sites (tertiary alicyclic amines) is 1. The molecule has 1 fully saturated rings. The molecule has 3 rings (SSSR count). The van der Waals surface area contributed by atoms with Crippen LogP contribution in [0.1, 0.15) is 43.7 Å². The third-order valence-electron chi connectivity index (χ3n) is 4.99. The van der Waals surface area contributed by atoms with E-state index in [4.69, 9.17) is 4.74 Å². The van der Waals surface area contributed by atoms with Crippen molar-refractivity contribution in [2.75, 3.05) is 20.2 Å². The summed E-state index contributed by atoms with van der Waals surface area (Å²) in [6, 6.07) is 3.01. The number of amides is 1. The van der Waals surface area contributed by atoms with Gasteiger partial charge in [0.1, 0.15) is 5.75 Å². The van der Waals surface area contributed by atoms with Crippen LogP contribution in [0, 0.1) is 0 Å². The first kappa shape index (κ1) is 18.2. The fraction of sp³-hybridized carbons (Fsp3) is 0.611. The molecule has 6 nitrogen and oxygen atoms in total. The smallest absolute Gasteiger partial charge is 0.241 e. The van der Waals surface area contributed by atoms with Crippen molar-refractivity contribution in [3.63, 3.8) is 0 Å². The van der Waals surface area contributed by atoms with E-state index in [1.165, 1.54) is 0 Å². The van der Waals surface area contributed by atoms with Crippen molar-refractivity contribution in [1.29, 1.82) is 0 Å². The van der Waals surface area contributed by atoms with E-state index in [0.29, 0.717) is 18.0 Å². The van der Waals surface area contributed by atoms with E-state index in [9.17, 15) is 13.2 Å². The van der Waals surface area contributed by atoms with Gasteiger partial charge in [0.05, 0.1) is 12.0 Å². The van der Waals surface area contributed by atoms with E-state index < -0.39 is 10.0 Å². The SMILES string of the molecule is CCCN1CC(NS(=O)(=O)c2ccc(OC)c3c2CCCC3)CC1=O. The van der Waals surface area contributed by atoms with Gasteiger partial charge < -0.3 is 9.64 Å². The van der Waals surface area contributed by atoms with E-state index in [2.05, 4.69) is 4.72 Å². The maximum absolute atomic E-state index is 12.9. The second-order valence-electron chi connectivity index (χ2n) is 6.79. The molecule has 1 unspecified atom stereocenters. The molecule has 1 N–H and O–H groups in total. The van der Waals surface area contributed by atoms with Crippen LogP contribution in [-0.4, -0.2) is 45.5 Å². The third kappa shape index (κ3) is 3.67. The summed E-state index contributed by atoms with van der Waals surface area (Å²) in [5, 5.41) is 0. The molecule has 0 spiro atoms. The minimum absolute atomic E-state index is 0.0197. The molecule has 1 aromatic carbocycles. The molecule has 0 radical (unpaired) electrons. The quantitative estimate of drug-likeness (QED) is 0.834. The molecule has 7 heteroatoms. The van der Waals surface area contributed by atoms with E-state index in [1.54, 1.807) is 24.1 Å². The van der Waals surface area contributed by atoms with E-state index >= 15 is 0 Å². The second kappa shape index (κ2) is 7.33. The highest BCUT2D eigenvalue weighted by Gasteiger charge is 2.33. The summed E-state index contributed by atoms with van der Waals surface area (Å²) in [7, 11) is -2.04. The molecule has 138 valence electrons. The molecule has 1 aliphatic heterocycles. The first-order valence-electron chi connectivity index (χ1n) is 8.95. The largest absolute Gasteiger partial charge is 0.496 e. The molecular weight excluding hydrogens is 340 g/mol. The van der Waals surface area contributed by atoms with Gasteiger partial charge in [0.2, 0.25) is 15.9 Å². The third-order valence-corrected chi connectivity index (χ3v) is 6.59. The van der Waals surface area contributed by atoms with Gasteiger partial charge in [-0.25, -0.2) is 13.1 Å². The van der Waals surface area contributed by atoms with Crippen molar-refractivity contribution in [2.24, 2.45) is 0 Å². The topological polar surface area (TPSA) is 75.7 Å². The summed E-state index contributed by atoms with van der Waals surface area (Å²) in [5.74, 6) is 0.783. The number of benzene rings is 1. The Labute approximate surface area is 149 Å². The van der Waals surface area contributed by atoms with Gasteiger partial charge >= 0.3 is 0 Å². The molecule has 1 aromatic rings. The molecule has 0 saturated carbocycles. The molecule has 0 aromatic heterocycles. The van der Waals surface area contributed by atoms with Crippen molar-refractivity contribution in [1.82, 2.24) is 9.62 Å². The van der Waals surface area contributed by atoms with Crippen LogP contribution in [0.5, 0.6) is 5.75 Å². The van der Waals surface area contributed by atoms with Gasteiger partial charge in [0.15, 0.2) is 0 Å². The molecular formula is C18H26N2O4S. The summed E-state index contributed by atoms with van der Waals surface area (Å²) in [4.78, 5) is 14.1. The maximum Gasteiger partial charge on any atom is 0.241 e. The van der Waals surface area contributed by atoms with E-state index in [0.717, 1.165) is 49.0 Å². The first-order chi connectivity index (χ1) is 12.0. The van der Waals surface area contributed by atoms with Gasteiger partial charge in [0, 0.05) is 25.6 Å². The predicted molar refractivity (Wildman–Crippen MR) is 95.2 cm³/mol. The Bertz CT molecular complexity index is 761. The van der Waals surface area contributed by atoms with Crippen molar-refractivity contribution in [3.05, 3.63) is 23.3 Å². The number of fused-ring (bicyclic) bond motifs is 1. The number of hydrogen-bond acceptors (Lipinski definition) is 4. The first-order valence-corrected chi connectivity index (χ1v) is 10.4. The maximum atomic E-state index is 12.9.